The average Bonchev–Trinajstić information content (AvgIpc) is 2.34. The van der Waals surface area contributed by atoms with E-state index in [9.17, 15) is 4.39 Å². The molecule has 0 N–H and O–H groups in total. The molecule has 0 aliphatic rings. The SMILES string of the molecule is Fc1ccc(C(Br)Cc2ccccc2)cc1Br. The molecule has 0 heterocycles. The van der Waals surface area contributed by atoms with Crippen LogP contribution in [0.3, 0.4) is 0 Å². The van der Waals surface area contributed by atoms with Gasteiger partial charge >= 0.3 is 0 Å². The summed E-state index contributed by atoms with van der Waals surface area (Å²) in [6, 6.07) is 15.3. The number of rotatable bonds is 3. The lowest BCUT2D eigenvalue weighted by atomic mass is 10.0. The van der Waals surface area contributed by atoms with Gasteiger partial charge in [0.25, 0.3) is 0 Å². The number of halogens is 3. The highest BCUT2D eigenvalue weighted by molar-refractivity contribution is 9.10. The predicted octanol–water partition coefficient (Wildman–Crippen LogP) is 5.27. The summed E-state index contributed by atoms with van der Waals surface area (Å²) in [7, 11) is 0. The summed E-state index contributed by atoms with van der Waals surface area (Å²) in [5.74, 6) is -0.229. The Morgan fingerprint density at radius 2 is 1.76 bits per heavy atom. The zero-order chi connectivity index (χ0) is 12.3. The molecule has 0 aromatic heterocycles. The molecule has 0 nitrogen and oxygen atoms in total. The van der Waals surface area contributed by atoms with Crippen molar-refractivity contribution in [2.45, 2.75) is 11.2 Å². The molecule has 3 heteroatoms. The summed E-state index contributed by atoms with van der Waals surface area (Å²) in [5, 5.41) is 0. The van der Waals surface area contributed by atoms with Gasteiger partial charge in [-0.15, -0.1) is 0 Å². The van der Waals surface area contributed by atoms with Crippen molar-refractivity contribution in [3.63, 3.8) is 0 Å². The first kappa shape index (κ1) is 12.8. The number of hydrogen-bond acceptors (Lipinski definition) is 0. The van der Waals surface area contributed by atoms with E-state index in [4.69, 9.17) is 0 Å². The first-order chi connectivity index (χ1) is 8.16. The molecule has 0 bridgehead atoms. The smallest absolute Gasteiger partial charge is 0.137 e. The summed E-state index contributed by atoms with van der Waals surface area (Å²) in [6.45, 7) is 0. The van der Waals surface area contributed by atoms with Gasteiger partial charge in [0.05, 0.1) is 4.47 Å². The molecule has 0 amide bonds. The monoisotopic (exact) mass is 356 g/mol. The largest absolute Gasteiger partial charge is 0.206 e. The molecule has 88 valence electrons. The van der Waals surface area contributed by atoms with Gasteiger partial charge in [-0.1, -0.05) is 52.3 Å². The minimum Gasteiger partial charge on any atom is -0.206 e. The Balaban J connectivity index is 2.14. The lowest BCUT2D eigenvalue weighted by Gasteiger charge is -2.11. The van der Waals surface area contributed by atoms with E-state index in [0.717, 1.165) is 12.0 Å². The van der Waals surface area contributed by atoms with E-state index < -0.39 is 0 Å². The van der Waals surface area contributed by atoms with E-state index in [1.807, 2.05) is 30.3 Å². The van der Waals surface area contributed by atoms with E-state index in [-0.39, 0.29) is 10.6 Å². The molecule has 1 unspecified atom stereocenters. The second-order valence-corrected chi connectivity index (χ2v) is 5.79. The van der Waals surface area contributed by atoms with Crippen LogP contribution >= 0.6 is 31.9 Å². The highest BCUT2D eigenvalue weighted by atomic mass is 79.9. The fraction of sp³-hybridized carbons (Fsp3) is 0.143. The molecular weight excluding hydrogens is 347 g/mol. The highest BCUT2D eigenvalue weighted by Gasteiger charge is 2.10. The molecule has 2 aromatic carbocycles. The molecule has 2 aromatic rings. The van der Waals surface area contributed by atoms with Crippen molar-refractivity contribution in [2.75, 3.05) is 0 Å². The Morgan fingerprint density at radius 3 is 2.41 bits per heavy atom. The Kier molecular flexibility index (Phi) is 4.35. The molecular formula is C14H11Br2F. The molecule has 0 saturated carbocycles. The van der Waals surface area contributed by atoms with Gasteiger partial charge in [-0.2, -0.15) is 0 Å². The summed E-state index contributed by atoms with van der Waals surface area (Å²) >= 11 is 6.84. The van der Waals surface area contributed by atoms with Crippen LogP contribution in [0.5, 0.6) is 0 Å². The highest BCUT2D eigenvalue weighted by Crippen LogP contribution is 2.29. The third-order valence-electron chi connectivity index (χ3n) is 2.56. The Bertz CT molecular complexity index is 497. The van der Waals surface area contributed by atoms with Crippen LogP contribution in [0.1, 0.15) is 16.0 Å². The quantitative estimate of drug-likeness (QED) is 0.656. The summed E-state index contributed by atoms with van der Waals surface area (Å²) < 4.78 is 13.6. The number of hydrogen-bond donors (Lipinski definition) is 0. The van der Waals surface area contributed by atoms with E-state index in [1.165, 1.54) is 11.6 Å². The van der Waals surface area contributed by atoms with Crippen molar-refractivity contribution in [1.82, 2.24) is 0 Å². The van der Waals surface area contributed by atoms with Crippen molar-refractivity contribution >= 4 is 31.9 Å². The standard InChI is InChI=1S/C14H11Br2F/c15-12(8-10-4-2-1-3-5-10)11-6-7-14(17)13(16)9-11/h1-7,9,12H,8H2. The molecule has 0 radical (unpaired) electrons. The van der Waals surface area contributed by atoms with Gasteiger partial charge in [0.15, 0.2) is 0 Å². The van der Waals surface area contributed by atoms with Crippen molar-refractivity contribution in [3.05, 3.63) is 69.9 Å². The van der Waals surface area contributed by atoms with Gasteiger partial charge in [-0.05, 0) is 45.6 Å². The van der Waals surface area contributed by atoms with Gasteiger partial charge < -0.3 is 0 Å². The second kappa shape index (κ2) is 5.78. The average molecular weight is 358 g/mol. The van der Waals surface area contributed by atoms with Crippen LogP contribution in [-0.2, 0) is 6.42 Å². The number of benzene rings is 2. The van der Waals surface area contributed by atoms with Gasteiger partial charge in [0.2, 0.25) is 0 Å². The summed E-state index contributed by atoms with van der Waals surface area (Å²) in [4.78, 5) is 0.196. The van der Waals surface area contributed by atoms with E-state index >= 15 is 0 Å². The topological polar surface area (TPSA) is 0 Å². The first-order valence-corrected chi connectivity index (χ1v) is 7.00. The zero-order valence-corrected chi connectivity index (χ0v) is 12.2. The van der Waals surface area contributed by atoms with Crippen LogP contribution in [0.4, 0.5) is 4.39 Å². The lowest BCUT2D eigenvalue weighted by Crippen LogP contribution is -1.96. The molecule has 0 aliphatic carbocycles. The van der Waals surface area contributed by atoms with Crippen LogP contribution in [0, 0.1) is 5.82 Å². The molecule has 1 atom stereocenters. The zero-order valence-electron chi connectivity index (χ0n) is 9.04. The van der Waals surface area contributed by atoms with Gasteiger partial charge in [-0.3, -0.25) is 0 Å². The van der Waals surface area contributed by atoms with Gasteiger partial charge in [-0.25, -0.2) is 4.39 Å². The van der Waals surface area contributed by atoms with Gasteiger partial charge in [0, 0.05) is 4.83 Å². The normalized spacial score (nSPS) is 12.4. The van der Waals surface area contributed by atoms with Crippen LogP contribution < -0.4 is 0 Å². The Hall–Kier alpha value is -0.670. The van der Waals surface area contributed by atoms with Crippen LogP contribution in [0.2, 0.25) is 0 Å². The fourth-order valence-electron chi connectivity index (χ4n) is 1.65. The van der Waals surface area contributed by atoms with Crippen molar-refractivity contribution in [3.8, 4) is 0 Å². The maximum Gasteiger partial charge on any atom is 0.137 e. The maximum absolute atomic E-state index is 13.1. The third-order valence-corrected chi connectivity index (χ3v) is 4.02. The Labute approximate surface area is 117 Å². The van der Waals surface area contributed by atoms with Crippen molar-refractivity contribution in [2.24, 2.45) is 0 Å². The van der Waals surface area contributed by atoms with Crippen LogP contribution in [-0.4, -0.2) is 0 Å². The maximum atomic E-state index is 13.1. The van der Waals surface area contributed by atoms with Crippen LogP contribution in [0.15, 0.2) is 53.0 Å². The van der Waals surface area contributed by atoms with E-state index in [2.05, 4.69) is 44.0 Å². The summed E-state index contributed by atoms with van der Waals surface area (Å²) in [5.41, 5.74) is 2.33. The molecule has 0 aliphatic heterocycles. The molecule has 0 fully saturated rings. The second-order valence-electron chi connectivity index (χ2n) is 3.83. The molecule has 2 rings (SSSR count). The number of alkyl halides is 1. The van der Waals surface area contributed by atoms with Crippen molar-refractivity contribution in [1.29, 1.82) is 0 Å². The van der Waals surface area contributed by atoms with E-state index in [0.29, 0.717) is 4.47 Å². The summed E-state index contributed by atoms with van der Waals surface area (Å²) in [6.07, 6.45) is 0.888. The minimum absolute atomic E-state index is 0.196. The molecule has 0 saturated heterocycles. The molecule has 17 heavy (non-hydrogen) atoms. The van der Waals surface area contributed by atoms with Crippen LogP contribution in [0.25, 0.3) is 0 Å². The molecule has 0 spiro atoms. The van der Waals surface area contributed by atoms with Gasteiger partial charge in [0.1, 0.15) is 5.82 Å². The van der Waals surface area contributed by atoms with Crippen molar-refractivity contribution < 1.29 is 4.39 Å². The Morgan fingerprint density at radius 1 is 1.06 bits per heavy atom. The fourth-order valence-corrected chi connectivity index (χ4v) is 2.70. The minimum atomic E-state index is -0.229. The third kappa shape index (κ3) is 3.39. The van der Waals surface area contributed by atoms with E-state index in [1.54, 1.807) is 0 Å². The lowest BCUT2D eigenvalue weighted by molar-refractivity contribution is 0.620. The predicted molar refractivity (Wildman–Crippen MR) is 75.9 cm³/mol. The first-order valence-electron chi connectivity index (χ1n) is 5.30.